The second-order valence-corrected chi connectivity index (χ2v) is 39.8. The molecular weight excluding hydrogens is 1630 g/mol. The lowest BCUT2D eigenvalue weighted by Gasteiger charge is -2.38. The zero-order valence-corrected chi connectivity index (χ0v) is 76.0. The van der Waals surface area contributed by atoms with Crippen molar-refractivity contribution in [3.8, 4) is 0 Å². The fourth-order valence-corrected chi connectivity index (χ4v) is 20.0. The molecule has 118 heavy (non-hydrogen) atoms. The molecule has 20 atom stereocenters. The van der Waals surface area contributed by atoms with Crippen LogP contribution in [0.25, 0.3) is 0 Å². The molecule has 10 rings (SSSR count). The molecular formula is C90H138Cl6N8O14. The van der Waals surface area contributed by atoms with Crippen molar-refractivity contribution in [1.82, 2.24) is 42.5 Å². The van der Waals surface area contributed by atoms with E-state index in [-0.39, 0.29) is 180 Å². The van der Waals surface area contributed by atoms with Crippen LogP contribution in [-0.2, 0) is 70.5 Å². The van der Waals surface area contributed by atoms with Gasteiger partial charge in [0, 0.05) is 60.2 Å². The number of alkyl carbamates (subject to hydrolysis) is 2. The molecule has 0 spiro atoms. The molecule has 2 aromatic rings. The highest BCUT2D eigenvalue weighted by atomic mass is 35.6. The number of halogens is 6. The molecule has 22 nitrogen and oxygen atoms in total. The topological polar surface area (TPSA) is 304 Å². The Morgan fingerprint density at radius 1 is 0.314 bits per heavy atom. The minimum absolute atomic E-state index is 0.00864. The van der Waals surface area contributed by atoms with Crippen LogP contribution in [-0.4, -0.2) is 128 Å². The van der Waals surface area contributed by atoms with E-state index >= 15 is 0 Å². The van der Waals surface area contributed by atoms with Crippen LogP contribution in [0.5, 0.6) is 0 Å². The number of carbonyl (C=O) groups is 10. The Labute approximate surface area is 732 Å². The average Bonchev–Trinajstić information content (AvgIpc) is 1.52. The molecule has 664 valence electrons. The van der Waals surface area contributed by atoms with Gasteiger partial charge in [-0.15, -0.1) is 0 Å². The summed E-state index contributed by atoms with van der Waals surface area (Å²) in [5, 5.41) is 25.9. The van der Waals surface area contributed by atoms with Gasteiger partial charge < -0.3 is 61.5 Å². The molecule has 8 aliphatic carbocycles. The van der Waals surface area contributed by atoms with Crippen molar-refractivity contribution in [2.24, 2.45) is 71.0 Å². The molecule has 0 heterocycles. The molecule has 0 aliphatic heterocycles. The molecule has 2 aromatic carbocycles. The van der Waals surface area contributed by atoms with E-state index in [0.717, 1.165) is 165 Å². The zero-order chi connectivity index (χ0) is 86.2. The SMILES string of the molecule is CC[C@@H](C(=O)N[C@@H]1CCC[C@H]1C(=O)N[C@@H]1CCCC[C@@H]1[C@@H](CC)C(=O)OCc1ccccc1)[C@H]1CCCC[C@H]1NC(=O)[C@@H]1CCC[C@H]1NC(=O)OC(C)(C)C.CC[C@@H](C(=O)N[C@@H]1CCC[C@H]1C(=O)N[C@@H]1CCCC[C@@H]1[C@@H](CC)C(=O)OCc1ccccc1)[C@H]1CCCC[C@H]1NC(=O)[C@@H]1CCC[C@H]1NC(=O)OC(C)(C)C.ClC(Cl)Cl.ClC(Cl)Cl. The van der Waals surface area contributed by atoms with Crippen LogP contribution in [0.2, 0.25) is 0 Å². The molecule has 8 N–H and O–H groups in total. The van der Waals surface area contributed by atoms with Gasteiger partial charge in [-0.05, 0) is 205 Å². The Hall–Kier alpha value is -5.52. The van der Waals surface area contributed by atoms with Crippen molar-refractivity contribution in [2.45, 2.75) is 356 Å². The predicted octanol–water partition coefficient (Wildman–Crippen LogP) is 18.2. The average molecular weight is 1770 g/mol. The van der Waals surface area contributed by atoms with Crippen LogP contribution < -0.4 is 42.5 Å². The quantitative estimate of drug-likeness (QED) is 0.0223. The van der Waals surface area contributed by atoms with E-state index in [2.05, 4.69) is 42.5 Å². The van der Waals surface area contributed by atoms with Gasteiger partial charge in [0.1, 0.15) is 24.4 Å². The standard InChI is InChI=1S/2C44H68N4O7.2CHCl3/c2*1-6-29(31-19-11-13-23-35(31)45-41(51)34-22-16-26-38(34)48-43(53)55-44(3,4)5)39(49)47-37-25-15-21-33(37)40(50)46-36-24-14-12-20-32(36)30(7-2)42(52)54-27-28-17-9-8-10-18-28;2*2-1(3)4/h2*8-10,17-18,29-38H,6-7,11-16,19-27H2,1-5H3,(H,45,51)(H,46,50)(H,47,49)(H,48,53);2*1H/t2*29-,30-,31-,32-,33-,34-,35-,36-,37-,38-;;/m11../s1. The Morgan fingerprint density at radius 3 is 0.788 bits per heavy atom. The monoisotopic (exact) mass is 1760 g/mol. The van der Waals surface area contributed by atoms with E-state index in [1.165, 1.54) is 0 Å². The number of hydrogen-bond acceptors (Lipinski definition) is 14. The third-order valence-corrected chi connectivity index (χ3v) is 25.6. The first-order valence-corrected chi connectivity index (χ1v) is 46.9. The van der Waals surface area contributed by atoms with Crippen LogP contribution in [0, 0.1) is 71.0 Å². The summed E-state index contributed by atoms with van der Waals surface area (Å²) in [6.07, 6.45) is 25.5. The minimum atomic E-state index is -0.750. The first-order chi connectivity index (χ1) is 56.2. The number of carbonyl (C=O) groups excluding carboxylic acids is 10. The summed E-state index contributed by atoms with van der Waals surface area (Å²) < 4.78 is 21.0. The van der Waals surface area contributed by atoms with Crippen molar-refractivity contribution in [3.05, 3.63) is 71.8 Å². The van der Waals surface area contributed by atoms with Gasteiger partial charge in [0.05, 0.1) is 35.5 Å². The van der Waals surface area contributed by atoms with Crippen LogP contribution in [0.1, 0.15) is 286 Å². The van der Waals surface area contributed by atoms with E-state index in [9.17, 15) is 47.9 Å². The number of benzene rings is 2. The molecule has 8 amide bonds. The van der Waals surface area contributed by atoms with Crippen molar-refractivity contribution in [1.29, 1.82) is 0 Å². The highest BCUT2D eigenvalue weighted by molar-refractivity contribution is 6.63. The molecule has 0 radical (unpaired) electrons. The molecule has 0 saturated heterocycles. The first-order valence-electron chi connectivity index (χ1n) is 44.3. The smallest absolute Gasteiger partial charge is 0.407 e. The number of alkyl halides is 6. The van der Waals surface area contributed by atoms with Gasteiger partial charge in [-0.3, -0.25) is 38.4 Å². The summed E-state index contributed by atoms with van der Waals surface area (Å²) in [5.41, 5.74) is 0.666. The summed E-state index contributed by atoms with van der Waals surface area (Å²) in [4.78, 5) is 135. The van der Waals surface area contributed by atoms with Gasteiger partial charge in [-0.2, -0.15) is 0 Å². The van der Waals surface area contributed by atoms with E-state index in [1.54, 1.807) is 0 Å². The maximum atomic E-state index is 14.1. The second-order valence-electron chi connectivity index (χ2n) is 35.9. The van der Waals surface area contributed by atoms with E-state index < -0.39 is 32.0 Å². The summed E-state index contributed by atoms with van der Waals surface area (Å²) in [6.45, 7) is 19.5. The summed E-state index contributed by atoms with van der Waals surface area (Å²) in [7, 11) is 0. The molecule has 0 bridgehead atoms. The number of hydrogen-bond donors (Lipinski definition) is 8. The van der Waals surface area contributed by atoms with Crippen molar-refractivity contribution >= 4 is 129 Å². The third-order valence-electron chi connectivity index (χ3n) is 25.6. The van der Waals surface area contributed by atoms with Crippen LogP contribution in [0.4, 0.5) is 9.59 Å². The van der Waals surface area contributed by atoms with Gasteiger partial charge in [-0.1, -0.05) is 235 Å². The van der Waals surface area contributed by atoms with E-state index in [4.69, 9.17) is 88.6 Å². The minimum Gasteiger partial charge on any atom is -0.461 e. The first kappa shape index (κ1) is 99.6. The molecule has 8 fully saturated rings. The maximum absolute atomic E-state index is 14.1. The van der Waals surface area contributed by atoms with Crippen molar-refractivity contribution in [2.75, 3.05) is 0 Å². The van der Waals surface area contributed by atoms with Crippen molar-refractivity contribution < 1.29 is 66.9 Å². The van der Waals surface area contributed by atoms with Gasteiger partial charge in [0.2, 0.25) is 35.4 Å². The molecule has 8 saturated carbocycles. The number of esters is 2. The van der Waals surface area contributed by atoms with Crippen molar-refractivity contribution in [3.63, 3.8) is 0 Å². The lowest BCUT2D eigenvalue weighted by atomic mass is 9.74. The normalized spacial score (nSPS) is 27.9. The fraction of sp³-hybridized carbons (Fsp3) is 0.756. The van der Waals surface area contributed by atoms with E-state index in [0.29, 0.717) is 51.4 Å². The van der Waals surface area contributed by atoms with Gasteiger partial charge in [0.25, 0.3) is 0 Å². The van der Waals surface area contributed by atoms with Crippen LogP contribution in [0.15, 0.2) is 60.7 Å². The Morgan fingerprint density at radius 2 is 0.542 bits per heavy atom. The van der Waals surface area contributed by atoms with Gasteiger partial charge in [-0.25, -0.2) is 9.59 Å². The summed E-state index contributed by atoms with van der Waals surface area (Å²) in [6, 6.07) is 17.9. The second kappa shape index (κ2) is 50.3. The number of ether oxygens (including phenoxy) is 4. The molecule has 8 aliphatic rings. The highest BCUT2D eigenvalue weighted by Gasteiger charge is 2.47. The van der Waals surface area contributed by atoms with Gasteiger partial charge in [0.15, 0.2) is 8.59 Å². The number of nitrogens with one attached hydrogen (secondary N) is 8. The van der Waals surface area contributed by atoms with Crippen LogP contribution >= 0.6 is 69.6 Å². The third kappa shape index (κ3) is 32.3. The number of amides is 8. The molecule has 0 aromatic heterocycles. The lowest BCUT2D eigenvalue weighted by molar-refractivity contribution is -0.154. The van der Waals surface area contributed by atoms with Gasteiger partial charge >= 0.3 is 24.1 Å². The molecule has 0 unspecified atom stereocenters. The summed E-state index contributed by atoms with van der Waals surface area (Å²) in [5.74, 6) is -3.14. The van der Waals surface area contributed by atoms with E-state index in [1.807, 2.05) is 130 Å². The fourth-order valence-electron chi connectivity index (χ4n) is 20.0. The Balaban J connectivity index is 0.000000298. The Bertz CT molecular complexity index is 3240. The Kier molecular flexibility index (Phi) is 42.4. The maximum Gasteiger partial charge on any atom is 0.407 e. The largest absolute Gasteiger partial charge is 0.461 e. The summed E-state index contributed by atoms with van der Waals surface area (Å²) >= 11 is 28.8. The number of rotatable bonds is 28. The van der Waals surface area contributed by atoms with Crippen LogP contribution in [0.3, 0.4) is 0 Å². The zero-order valence-electron chi connectivity index (χ0n) is 71.5. The molecule has 28 heteroatoms. The highest BCUT2D eigenvalue weighted by Crippen LogP contribution is 2.41. The lowest BCUT2D eigenvalue weighted by Crippen LogP contribution is -2.54. The predicted molar refractivity (Wildman–Crippen MR) is 465 cm³/mol.